The number of amides is 3. The fraction of sp³-hybridized carbons (Fsp3) is 0.500. The minimum absolute atomic E-state index is 0.121. The van der Waals surface area contributed by atoms with Gasteiger partial charge in [0.1, 0.15) is 17.4 Å². The summed E-state index contributed by atoms with van der Waals surface area (Å²) in [5.74, 6) is -1.41. The highest BCUT2D eigenvalue weighted by Crippen LogP contribution is 2.59. The highest BCUT2D eigenvalue weighted by molar-refractivity contribution is 6.07. The zero-order valence-electron chi connectivity index (χ0n) is 28.0. The largest absolute Gasteiger partial charge is 0.494 e. The molecule has 3 fully saturated rings. The van der Waals surface area contributed by atoms with Gasteiger partial charge in [0.05, 0.1) is 24.5 Å². The number of aliphatic hydroxyl groups is 1. The summed E-state index contributed by atoms with van der Waals surface area (Å²) in [5, 5.41) is 9.27. The van der Waals surface area contributed by atoms with Gasteiger partial charge in [-0.15, -0.1) is 13.2 Å². The van der Waals surface area contributed by atoms with Crippen LogP contribution >= 0.6 is 0 Å². The number of para-hydroxylation sites is 1. The van der Waals surface area contributed by atoms with Crippen LogP contribution in [0.15, 0.2) is 67.8 Å². The summed E-state index contributed by atoms with van der Waals surface area (Å²) in [6.45, 7) is 15.3. The number of aryl methyl sites for hydroxylation is 2. The second kappa shape index (κ2) is 14.9. The Morgan fingerprint density at radius 3 is 2.30 bits per heavy atom. The molecule has 0 aromatic heterocycles. The zero-order chi connectivity index (χ0) is 33.7. The number of carbonyl (C=O) groups is 3. The Balaban J connectivity index is 1.53. The van der Waals surface area contributed by atoms with E-state index in [4.69, 9.17) is 9.47 Å². The first kappa shape index (κ1) is 34.4. The zero-order valence-corrected chi connectivity index (χ0v) is 28.0. The van der Waals surface area contributed by atoms with Gasteiger partial charge in [-0.3, -0.25) is 14.4 Å². The Morgan fingerprint density at radius 2 is 1.66 bits per heavy atom. The van der Waals surface area contributed by atoms with Crippen LogP contribution in [0.5, 0.6) is 5.75 Å². The predicted molar refractivity (Wildman–Crippen MR) is 183 cm³/mol. The minimum atomic E-state index is -1.11. The first-order chi connectivity index (χ1) is 22.7. The van der Waals surface area contributed by atoms with Gasteiger partial charge < -0.3 is 29.3 Å². The number of likely N-dealkylation sites (tertiary alicyclic amines) is 1. The fourth-order valence-electron chi connectivity index (χ4n) is 8.02. The van der Waals surface area contributed by atoms with Crippen molar-refractivity contribution in [1.82, 2.24) is 4.90 Å². The summed E-state index contributed by atoms with van der Waals surface area (Å²) in [6, 6.07) is 12.4. The first-order valence-electron chi connectivity index (χ1n) is 17.0. The maximum absolute atomic E-state index is 14.9. The Hall–Kier alpha value is -3.95. The minimum Gasteiger partial charge on any atom is -0.494 e. The summed E-state index contributed by atoms with van der Waals surface area (Å²) >= 11 is 0. The second-order valence-corrected chi connectivity index (χ2v) is 12.9. The van der Waals surface area contributed by atoms with E-state index in [0.29, 0.717) is 50.3 Å². The van der Waals surface area contributed by atoms with Crippen LogP contribution in [-0.2, 0) is 19.1 Å². The van der Waals surface area contributed by atoms with Crippen molar-refractivity contribution in [3.05, 3.63) is 78.9 Å². The van der Waals surface area contributed by atoms with Gasteiger partial charge in [0, 0.05) is 37.6 Å². The molecule has 2 aromatic carbocycles. The average Bonchev–Trinajstić information content (AvgIpc) is 3.70. The van der Waals surface area contributed by atoms with Gasteiger partial charge in [-0.2, -0.15) is 0 Å². The van der Waals surface area contributed by atoms with Gasteiger partial charge in [0.15, 0.2) is 0 Å². The second-order valence-electron chi connectivity index (χ2n) is 12.9. The van der Waals surface area contributed by atoms with Crippen molar-refractivity contribution in [2.45, 2.75) is 77.0 Å². The summed E-state index contributed by atoms with van der Waals surface area (Å²) in [7, 11) is 0. The number of rotatable bonds is 16. The number of nitrogens with zero attached hydrogens (tertiary/aromatic N) is 3. The molecule has 0 saturated carbocycles. The maximum atomic E-state index is 14.9. The van der Waals surface area contributed by atoms with Gasteiger partial charge in [-0.05, 0) is 81.8 Å². The normalized spacial score (nSPS) is 24.3. The lowest BCUT2D eigenvalue weighted by molar-refractivity contribution is -0.140. The summed E-state index contributed by atoms with van der Waals surface area (Å²) in [4.78, 5) is 49.2. The van der Waals surface area contributed by atoms with E-state index in [1.54, 1.807) is 26.9 Å². The van der Waals surface area contributed by atoms with E-state index in [-0.39, 0.29) is 37.4 Å². The third-order valence-electron chi connectivity index (χ3n) is 9.95. The SMILES string of the molecule is C=CCN(C(=O)[C@@H]1[C@H]2C(=O)N(CCCCCCO)C(C(=O)N(CC=C)c3c(C)cccc3C)C23CC[C@H]1O3)c1ccc(OCC)cc1. The molecule has 9 nitrogen and oxygen atoms in total. The van der Waals surface area contributed by atoms with Crippen LogP contribution in [0.1, 0.15) is 56.6 Å². The van der Waals surface area contributed by atoms with Crippen molar-refractivity contribution in [2.24, 2.45) is 11.8 Å². The molecular weight excluding hydrogens is 594 g/mol. The Kier molecular flexibility index (Phi) is 10.9. The molecule has 3 aliphatic heterocycles. The molecule has 2 unspecified atom stereocenters. The van der Waals surface area contributed by atoms with Crippen molar-refractivity contribution in [2.75, 3.05) is 42.6 Å². The van der Waals surface area contributed by atoms with Crippen molar-refractivity contribution < 1.29 is 29.0 Å². The Morgan fingerprint density at radius 1 is 1.00 bits per heavy atom. The quantitative estimate of drug-likeness (QED) is 0.195. The molecule has 2 bridgehead atoms. The first-order valence-corrected chi connectivity index (χ1v) is 17.0. The number of aliphatic hydroxyl groups excluding tert-OH is 1. The summed E-state index contributed by atoms with van der Waals surface area (Å²) in [5.41, 5.74) is 2.28. The number of anilines is 2. The number of unbranched alkanes of at least 4 members (excludes halogenated alkanes) is 3. The van der Waals surface area contributed by atoms with E-state index < -0.39 is 29.6 Å². The molecule has 5 rings (SSSR count). The van der Waals surface area contributed by atoms with E-state index in [1.807, 2.05) is 63.2 Å². The molecule has 3 saturated heterocycles. The molecule has 0 radical (unpaired) electrons. The number of ether oxygens (including phenoxy) is 2. The average molecular weight is 644 g/mol. The lowest BCUT2D eigenvalue weighted by atomic mass is 9.70. The number of fused-ring (bicyclic) bond motifs is 1. The topological polar surface area (TPSA) is 99.6 Å². The third kappa shape index (κ3) is 6.35. The molecule has 2 aromatic rings. The van der Waals surface area contributed by atoms with Crippen LogP contribution in [-0.4, -0.2) is 78.3 Å². The molecular formula is C38H49N3O6. The molecule has 1 N–H and O–H groups in total. The molecule has 0 aliphatic carbocycles. The molecule has 252 valence electrons. The molecule has 3 amide bonds. The highest BCUT2D eigenvalue weighted by Gasteiger charge is 2.75. The van der Waals surface area contributed by atoms with Gasteiger partial charge >= 0.3 is 0 Å². The number of hydrogen-bond acceptors (Lipinski definition) is 6. The number of benzene rings is 2. The fourth-order valence-corrected chi connectivity index (χ4v) is 8.02. The van der Waals surface area contributed by atoms with Crippen LogP contribution in [0.2, 0.25) is 0 Å². The van der Waals surface area contributed by atoms with Crippen LogP contribution in [0.25, 0.3) is 0 Å². The van der Waals surface area contributed by atoms with Crippen molar-refractivity contribution in [1.29, 1.82) is 0 Å². The monoisotopic (exact) mass is 643 g/mol. The van der Waals surface area contributed by atoms with E-state index >= 15 is 0 Å². The van der Waals surface area contributed by atoms with Crippen LogP contribution in [0, 0.1) is 25.7 Å². The molecule has 47 heavy (non-hydrogen) atoms. The lowest BCUT2D eigenvalue weighted by Crippen LogP contribution is -2.57. The van der Waals surface area contributed by atoms with Crippen molar-refractivity contribution in [3.8, 4) is 5.75 Å². The van der Waals surface area contributed by atoms with Gasteiger partial charge in [-0.1, -0.05) is 43.2 Å². The molecule has 1 spiro atoms. The van der Waals surface area contributed by atoms with E-state index in [2.05, 4.69) is 13.2 Å². The molecule has 3 aliphatic rings. The third-order valence-corrected chi connectivity index (χ3v) is 9.95. The maximum Gasteiger partial charge on any atom is 0.253 e. The molecule has 9 heteroatoms. The van der Waals surface area contributed by atoms with Crippen LogP contribution < -0.4 is 14.5 Å². The summed E-state index contributed by atoms with van der Waals surface area (Å²) in [6.07, 6.45) is 7.03. The highest BCUT2D eigenvalue weighted by atomic mass is 16.5. The van der Waals surface area contributed by atoms with Gasteiger partial charge in [0.2, 0.25) is 11.8 Å². The summed E-state index contributed by atoms with van der Waals surface area (Å²) < 4.78 is 12.4. The number of carbonyl (C=O) groups excluding carboxylic acids is 3. The Bertz CT molecular complexity index is 1450. The van der Waals surface area contributed by atoms with Crippen LogP contribution in [0.3, 0.4) is 0 Å². The molecule has 5 atom stereocenters. The molecule has 3 heterocycles. The van der Waals surface area contributed by atoms with Crippen LogP contribution in [0.4, 0.5) is 11.4 Å². The van der Waals surface area contributed by atoms with Crippen molar-refractivity contribution >= 4 is 29.1 Å². The smallest absolute Gasteiger partial charge is 0.253 e. The standard InChI is InChI=1S/C38H49N3O6/c1-6-22-39(28-16-18-29(19-17-28)46-8-3)35(43)31-30-20-21-38(47-30)32(31)36(44)41(24-11-9-10-12-25-42)34(38)37(45)40(23-7-2)33-26(4)14-13-15-27(33)5/h6-7,13-19,30-32,34,42H,1-2,8-12,20-25H2,3-5H3/t30-,31+,32+,34?,38?/m1/s1. The van der Waals surface area contributed by atoms with Gasteiger partial charge in [-0.25, -0.2) is 0 Å². The van der Waals surface area contributed by atoms with Gasteiger partial charge in [0.25, 0.3) is 5.91 Å². The van der Waals surface area contributed by atoms with E-state index in [0.717, 1.165) is 29.7 Å². The predicted octanol–water partition coefficient (Wildman–Crippen LogP) is 5.37. The Labute approximate surface area is 278 Å². The number of hydrogen-bond donors (Lipinski definition) is 1. The van der Waals surface area contributed by atoms with E-state index in [9.17, 15) is 19.5 Å². The lowest BCUT2D eigenvalue weighted by Gasteiger charge is -2.37. The van der Waals surface area contributed by atoms with Crippen molar-refractivity contribution in [3.63, 3.8) is 0 Å². The van der Waals surface area contributed by atoms with E-state index in [1.165, 1.54) is 0 Å².